The van der Waals surface area contributed by atoms with Crippen molar-refractivity contribution in [1.29, 1.82) is 0 Å². The number of carbonyl (C=O) groups excluding carboxylic acids is 1. The molecule has 0 saturated carbocycles. The van der Waals surface area contributed by atoms with E-state index in [4.69, 9.17) is 10.8 Å². The Balaban J connectivity index is 2.44. The minimum atomic E-state index is -0.839. The van der Waals surface area contributed by atoms with E-state index in [1.807, 2.05) is 12.1 Å². The number of benzene rings is 1. The maximum absolute atomic E-state index is 11.3. The van der Waals surface area contributed by atoms with Gasteiger partial charge in [0.15, 0.2) is 0 Å². The Labute approximate surface area is 102 Å². The largest absolute Gasteiger partial charge is 0.394 e. The summed E-state index contributed by atoms with van der Waals surface area (Å²) in [7, 11) is 0. The lowest BCUT2D eigenvalue weighted by Crippen LogP contribution is -2.42. The zero-order valence-corrected chi connectivity index (χ0v) is 10.1. The molecule has 1 rings (SSSR count). The molecular weight excluding hydrogens is 216 g/mol. The van der Waals surface area contributed by atoms with Crippen molar-refractivity contribution in [2.45, 2.75) is 32.4 Å². The summed E-state index contributed by atoms with van der Waals surface area (Å²) in [5.41, 5.74) is 7.71. The van der Waals surface area contributed by atoms with Gasteiger partial charge in [-0.05, 0) is 17.5 Å². The molecule has 4 nitrogen and oxygen atoms in total. The van der Waals surface area contributed by atoms with E-state index >= 15 is 0 Å². The number of aliphatic hydroxyl groups is 1. The van der Waals surface area contributed by atoms with Crippen LogP contribution in [-0.4, -0.2) is 23.7 Å². The first-order valence-corrected chi connectivity index (χ1v) is 5.89. The normalized spacial score (nSPS) is 12.2. The second-order valence-electron chi connectivity index (χ2n) is 4.07. The van der Waals surface area contributed by atoms with Crippen molar-refractivity contribution in [2.75, 3.05) is 6.61 Å². The fourth-order valence-corrected chi connectivity index (χ4v) is 1.52. The quantitative estimate of drug-likeness (QED) is 0.676. The monoisotopic (exact) mass is 236 g/mol. The second kappa shape index (κ2) is 7.04. The fourth-order valence-electron chi connectivity index (χ4n) is 1.52. The Morgan fingerprint density at radius 1 is 1.35 bits per heavy atom. The van der Waals surface area contributed by atoms with Crippen molar-refractivity contribution in [3.05, 3.63) is 35.4 Å². The Hall–Kier alpha value is -1.39. The smallest absolute Gasteiger partial charge is 0.239 e. The lowest BCUT2D eigenvalue weighted by molar-refractivity contribution is -0.123. The highest BCUT2D eigenvalue weighted by molar-refractivity contribution is 5.81. The molecule has 1 atom stereocenters. The van der Waals surface area contributed by atoms with E-state index < -0.39 is 6.04 Å². The molecule has 0 bridgehead atoms. The Morgan fingerprint density at radius 2 is 1.94 bits per heavy atom. The Bertz CT molecular complexity index is 349. The maximum atomic E-state index is 11.3. The second-order valence-corrected chi connectivity index (χ2v) is 4.07. The van der Waals surface area contributed by atoms with E-state index in [2.05, 4.69) is 24.4 Å². The van der Waals surface area contributed by atoms with Gasteiger partial charge in [-0.2, -0.15) is 0 Å². The first kappa shape index (κ1) is 13.7. The van der Waals surface area contributed by atoms with Crippen molar-refractivity contribution in [3.8, 4) is 0 Å². The molecule has 4 N–H and O–H groups in total. The summed E-state index contributed by atoms with van der Waals surface area (Å²) in [5.74, 6) is -0.329. The molecule has 0 fully saturated rings. The maximum Gasteiger partial charge on any atom is 0.239 e. The molecule has 0 radical (unpaired) electrons. The van der Waals surface area contributed by atoms with E-state index in [9.17, 15) is 4.79 Å². The molecule has 1 aromatic carbocycles. The van der Waals surface area contributed by atoms with Gasteiger partial charge in [0.2, 0.25) is 5.91 Å². The van der Waals surface area contributed by atoms with E-state index in [-0.39, 0.29) is 12.5 Å². The van der Waals surface area contributed by atoms with Crippen molar-refractivity contribution in [3.63, 3.8) is 0 Å². The van der Waals surface area contributed by atoms with Crippen molar-refractivity contribution >= 4 is 5.91 Å². The van der Waals surface area contributed by atoms with E-state index in [0.717, 1.165) is 18.4 Å². The van der Waals surface area contributed by atoms with Gasteiger partial charge in [-0.25, -0.2) is 0 Å². The Morgan fingerprint density at radius 3 is 2.47 bits per heavy atom. The zero-order chi connectivity index (χ0) is 12.7. The van der Waals surface area contributed by atoms with Crippen LogP contribution in [0.15, 0.2) is 24.3 Å². The standard InChI is InChI=1S/C13H20N2O2/c1-2-3-10-4-6-11(7-5-10)8-15-13(17)12(14)9-16/h4-7,12,16H,2-3,8-9,14H2,1H3,(H,15,17). The topological polar surface area (TPSA) is 75.4 Å². The number of hydrogen-bond donors (Lipinski definition) is 3. The molecule has 1 aromatic rings. The molecule has 17 heavy (non-hydrogen) atoms. The highest BCUT2D eigenvalue weighted by atomic mass is 16.3. The molecule has 0 heterocycles. The van der Waals surface area contributed by atoms with Crippen LogP contribution < -0.4 is 11.1 Å². The van der Waals surface area contributed by atoms with Gasteiger partial charge in [0, 0.05) is 6.54 Å². The lowest BCUT2D eigenvalue weighted by atomic mass is 10.1. The molecule has 0 aliphatic carbocycles. The highest BCUT2D eigenvalue weighted by Crippen LogP contribution is 2.06. The van der Waals surface area contributed by atoms with Gasteiger partial charge < -0.3 is 16.2 Å². The van der Waals surface area contributed by atoms with Gasteiger partial charge in [-0.15, -0.1) is 0 Å². The molecule has 0 saturated heterocycles. The van der Waals surface area contributed by atoms with Crippen molar-refractivity contribution < 1.29 is 9.90 Å². The molecule has 94 valence electrons. The molecule has 0 spiro atoms. The van der Waals surface area contributed by atoms with Gasteiger partial charge >= 0.3 is 0 Å². The minimum absolute atomic E-state index is 0.329. The van der Waals surface area contributed by atoms with Gasteiger partial charge in [-0.1, -0.05) is 37.6 Å². The molecule has 0 aliphatic rings. The Kier molecular flexibility index (Phi) is 5.66. The third-order valence-electron chi connectivity index (χ3n) is 2.56. The van der Waals surface area contributed by atoms with Crippen LogP contribution in [0.3, 0.4) is 0 Å². The number of nitrogens with one attached hydrogen (secondary N) is 1. The molecule has 1 unspecified atom stereocenters. The third kappa shape index (κ3) is 4.54. The first-order chi connectivity index (χ1) is 8.17. The van der Waals surface area contributed by atoms with Gasteiger partial charge in [-0.3, -0.25) is 4.79 Å². The van der Waals surface area contributed by atoms with Crippen LogP contribution in [0.5, 0.6) is 0 Å². The number of aryl methyl sites for hydroxylation is 1. The predicted octanol–water partition coefficient (Wildman–Crippen LogP) is 0.575. The molecule has 1 amide bonds. The van der Waals surface area contributed by atoms with Crippen LogP contribution >= 0.6 is 0 Å². The average Bonchev–Trinajstić information content (AvgIpc) is 2.37. The number of rotatable bonds is 6. The van der Waals surface area contributed by atoms with Crippen molar-refractivity contribution in [1.82, 2.24) is 5.32 Å². The SMILES string of the molecule is CCCc1ccc(CNC(=O)C(N)CO)cc1. The fraction of sp³-hybridized carbons (Fsp3) is 0.462. The zero-order valence-electron chi connectivity index (χ0n) is 10.1. The van der Waals surface area contributed by atoms with Gasteiger partial charge in [0.25, 0.3) is 0 Å². The number of aliphatic hydroxyl groups excluding tert-OH is 1. The lowest BCUT2D eigenvalue weighted by Gasteiger charge is -2.09. The number of hydrogen-bond acceptors (Lipinski definition) is 3. The minimum Gasteiger partial charge on any atom is -0.394 e. The summed E-state index contributed by atoms with van der Waals surface area (Å²) in [4.78, 5) is 11.3. The highest BCUT2D eigenvalue weighted by Gasteiger charge is 2.10. The average molecular weight is 236 g/mol. The summed E-state index contributed by atoms with van der Waals surface area (Å²) < 4.78 is 0. The van der Waals surface area contributed by atoms with Crippen LogP contribution in [0.4, 0.5) is 0 Å². The van der Waals surface area contributed by atoms with Crippen LogP contribution in [0, 0.1) is 0 Å². The number of nitrogens with two attached hydrogens (primary N) is 1. The van der Waals surface area contributed by atoms with Crippen LogP contribution in [-0.2, 0) is 17.8 Å². The summed E-state index contributed by atoms with van der Waals surface area (Å²) in [6.07, 6.45) is 2.20. The third-order valence-corrected chi connectivity index (χ3v) is 2.56. The van der Waals surface area contributed by atoms with Gasteiger partial charge in [0.1, 0.15) is 6.04 Å². The molecular formula is C13H20N2O2. The number of carbonyl (C=O) groups is 1. The van der Waals surface area contributed by atoms with E-state index in [1.165, 1.54) is 5.56 Å². The summed E-state index contributed by atoms with van der Waals surface area (Å²) >= 11 is 0. The molecule has 0 aromatic heterocycles. The van der Waals surface area contributed by atoms with E-state index in [0.29, 0.717) is 6.54 Å². The predicted molar refractivity (Wildman–Crippen MR) is 67.3 cm³/mol. The van der Waals surface area contributed by atoms with Crippen LogP contribution in [0.25, 0.3) is 0 Å². The summed E-state index contributed by atoms with van der Waals surface area (Å²) in [5, 5.41) is 11.4. The van der Waals surface area contributed by atoms with Crippen LogP contribution in [0.2, 0.25) is 0 Å². The number of amides is 1. The van der Waals surface area contributed by atoms with Gasteiger partial charge in [0.05, 0.1) is 6.61 Å². The van der Waals surface area contributed by atoms with Crippen LogP contribution in [0.1, 0.15) is 24.5 Å². The molecule has 4 heteroatoms. The first-order valence-electron chi connectivity index (χ1n) is 5.89. The molecule has 0 aliphatic heterocycles. The summed E-state index contributed by atoms with van der Waals surface area (Å²) in [6, 6.07) is 7.29. The summed E-state index contributed by atoms with van der Waals surface area (Å²) in [6.45, 7) is 2.25. The van der Waals surface area contributed by atoms with E-state index in [1.54, 1.807) is 0 Å². The van der Waals surface area contributed by atoms with Crippen molar-refractivity contribution in [2.24, 2.45) is 5.73 Å².